The number of anilines is 1. The van der Waals surface area contributed by atoms with E-state index in [1.54, 1.807) is 26.0 Å². The molecule has 34 heavy (non-hydrogen) atoms. The number of hydrogen-bond donors (Lipinski definition) is 4. The lowest BCUT2D eigenvalue weighted by Gasteiger charge is -2.31. The average Bonchev–Trinajstić information content (AvgIpc) is 3.26. The Morgan fingerprint density at radius 3 is 2.29 bits per heavy atom. The Hall–Kier alpha value is -3.76. The van der Waals surface area contributed by atoms with Gasteiger partial charge in [0, 0.05) is 24.7 Å². The van der Waals surface area contributed by atoms with Crippen LogP contribution in [0.25, 0.3) is 0 Å². The number of aldehydes is 1. The molecular weight excluding hydrogens is 444 g/mol. The first-order valence-corrected chi connectivity index (χ1v) is 11.0. The van der Waals surface area contributed by atoms with Gasteiger partial charge in [0.25, 0.3) is 5.91 Å². The molecule has 1 fully saturated rings. The summed E-state index contributed by atoms with van der Waals surface area (Å²) < 4.78 is 0. The maximum absolute atomic E-state index is 13.3. The van der Waals surface area contributed by atoms with Crippen molar-refractivity contribution in [1.82, 2.24) is 15.5 Å². The van der Waals surface area contributed by atoms with Gasteiger partial charge in [0.15, 0.2) is 0 Å². The van der Waals surface area contributed by atoms with Crippen LogP contribution < -0.4 is 16.0 Å². The van der Waals surface area contributed by atoms with Gasteiger partial charge in [-0.1, -0.05) is 13.8 Å². The molecule has 4 N–H and O–H groups in total. The van der Waals surface area contributed by atoms with Crippen LogP contribution in [0.1, 0.15) is 50.4 Å². The van der Waals surface area contributed by atoms with Crippen molar-refractivity contribution in [2.24, 2.45) is 5.92 Å². The molecule has 0 aromatic heterocycles. The van der Waals surface area contributed by atoms with Crippen LogP contribution in [0.4, 0.5) is 5.69 Å². The third-order valence-corrected chi connectivity index (χ3v) is 5.41. The highest BCUT2D eigenvalue weighted by Crippen LogP contribution is 2.21. The van der Waals surface area contributed by atoms with Gasteiger partial charge in [-0.05, 0) is 43.0 Å². The summed E-state index contributed by atoms with van der Waals surface area (Å²) in [6.45, 7) is 5.20. The second-order valence-corrected chi connectivity index (χ2v) is 8.49. The monoisotopic (exact) mass is 474 g/mol. The zero-order valence-corrected chi connectivity index (χ0v) is 19.4. The number of benzene rings is 1. The summed E-state index contributed by atoms with van der Waals surface area (Å²) in [4.78, 5) is 73.2. The predicted octanol–water partition coefficient (Wildman–Crippen LogP) is 0.549. The van der Waals surface area contributed by atoms with E-state index in [2.05, 4.69) is 16.0 Å². The fourth-order valence-corrected chi connectivity index (χ4v) is 3.73. The first kappa shape index (κ1) is 26.5. The highest BCUT2D eigenvalue weighted by molar-refractivity contribution is 5.99. The smallest absolute Gasteiger partial charge is 0.305 e. The minimum Gasteiger partial charge on any atom is -0.481 e. The predicted molar refractivity (Wildman–Crippen MR) is 122 cm³/mol. The van der Waals surface area contributed by atoms with Gasteiger partial charge in [0.05, 0.1) is 12.5 Å². The number of amides is 4. The van der Waals surface area contributed by atoms with Crippen molar-refractivity contribution in [2.45, 2.75) is 58.2 Å². The van der Waals surface area contributed by atoms with E-state index in [1.165, 1.54) is 24.0 Å². The molecule has 0 radical (unpaired) electrons. The lowest BCUT2D eigenvalue weighted by atomic mass is 10.0. The van der Waals surface area contributed by atoms with E-state index in [-0.39, 0.29) is 11.8 Å². The molecule has 1 aliphatic rings. The molecule has 11 nitrogen and oxygen atoms in total. The van der Waals surface area contributed by atoms with Crippen LogP contribution in [0, 0.1) is 5.92 Å². The van der Waals surface area contributed by atoms with Crippen LogP contribution in [-0.4, -0.2) is 70.6 Å². The van der Waals surface area contributed by atoms with E-state index in [0.29, 0.717) is 36.9 Å². The van der Waals surface area contributed by atoms with Gasteiger partial charge < -0.3 is 30.8 Å². The summed E-state index contributed by atoms with van der Waals surface area (Å²) in [6, 6.07) is 3.24. The van der Waals surface area contributed by atoms with Crippen molar-refractivity contribution in [3.63, 3.8) is 0 Å². The molecule has 2 rings (SSSR count). The highest BCUT2D eigenvalue weighted by atomic mass is 16.4. The Morgan fingerprint density at radius 1 is 1.12 bits per heavy atom. The Kier molecular flexibility index (Phi) is 9.28. The van der Waals surface area contributed by atoms with Crippen LogP contribution in [0.2, 0.25) is 0 Å². The number of carboxylic acids is 1. The number of nitrogens with zero attached hydrogens (tertiary/aromatic N) is 1. The number of rotatable bonds is 10. The lowest BCUT2D eigenvalue weighted by Crippen LogP contribution is -2.56. The minimum atomic E-state index is -1.23. The largest absolute Gasteiger partial charge is 0.481 e. The second kappa shape index (κ2) is 11.9. The molecule has 1 saturated heterocycles. The quantitative estimate of drug-likeness (QED) is 0.360. The van der Waals surface area contributed by atoms with Gasteiger partial charge in [-0.3, -0.25) is 24.0 Å². The van der Waals surface area contributed by atoms with Crippen molar-refractivity contribution >= 4 is 41.6 Å². The molecule has 0 saturated carbocycles. The second-order valence-electron chi connectivity index (χ2n) is 8.49. The first-order valence-electron chi connectivity index (χ1n) is 11.0. The third-order valence-electron chi connectivity index (χ3n) is 5.41. The molecule has 1 aliphatic heterocycles. The molecule has 3 atom stereocenters. The van der Waals surface area contributed by atoms with Gasteiger partial charge in [0.2, 0.25) is 17.7 Å². The molecule has 1 aromatic rings. The molecule has 0 spiro atoms. The number of hydrogen-bond acceptors (Lipinski definition) is 6. The van der Waals surface area contributed by atoms with Crippen molar-refractivity contribution in [3.8, 4) is 0 Å². The Labute approximate surface area is 197 Å². The average molecular weight is 475 g/mol. The van der Waals surface area contributed by atoms with E-state index < -0.39 is 48.2 Å². The maximum atomic E-state index is 13.3. The number of aliphatic carboxylic acids is 1. The summed E-state index contributed by atoms with van der Waals surface area (Å²) in [5, 5.41) is 16.6. The fraction of sp³-hybridized carbons (Fsp3) is 0.478. The molecular formula is C23H30N4O7. The molecule has 4 amide bonds. The fourth-order valence-electron chi connectivity index (χ4n) is 3.73. The standard InChI is InChI=1S/C23H30N4O7/c1-13(2)20(26-21(32)15-6-8-16(9-7-15)24-14(3)29)23(34)27-10-4-5-18(27)22(33)25-17(12-28)11-19(30)31/h6-9,12-13,17-18,20H,4-5,10-11H2,1-3H3,(H,24,29)(H,25,33)(H,26,32)(H,30,31)/t17-,18-,20-/m0/s1. The van der Waals surface area contributed by atoms with Gasteiger partial charge in [0.1, 0.15) is 18.4 Å². The molecule has 0 aliphatic carbocycles. The van der Waals surface area contributed by atoms with Crippen molar-refractivity contribution in [2.75, 3.05) is 11.9 Å². The van der Waals surface area contributed by atoms with Crippen LogP contribution in [-0.2, 0) is 24.0 Å². The number of carboxylic acid groups (broad SMARTS) is 1. The summed E-state index contributed by atoms with van der Waals surface area (Å²) in [6.07, 6.45) is 0.709. The number of nitrogens with one attached hydrogen (secondary N) is 3. The van der Waals surface area contributed by atoms with Crippen LogP contribution in [0.15, 0.2) is 24.3 Å². The van der Waals surface area contributed by atoms with Gasteiger partial charge in [-0.25, -0.2) is 0 Å². The molecule has 1 aromatic carbocycles. The molecule has 1 heterocycles. The summed E-state index contributed by atoms with van der Waals surface area (Å²) in [7, 11) is 0. The third kappa shape index (κ3) is 7.12. The van der Waals surface area contributed by atoms with Gasteiger partial charge >= 0.3 is 5.97 Å². The van der Waals surface area contributed by atoms with Gasteiger partial charge in [-0.15, -0.1) is 0 Å². The molecule has 11 heteroatoms. The normalized spacial score (nSPS) is 16.9. The SMILES string of the molecule is CC(=O)Nc1ccc(C(=O)N[C@H](C(=O)N2CCC[C@H]2C(=O)N[C@H](C=O)CC(=O)O)C(C)C)cc1. The van der Waals surface area contributed by atoms with E-state index in [0.717, 1.165) is 0 Å². The zero-order chi connectivity index (χ0) is 25.4. The number of carbonyl (C=O) groups is 6. The number of likely N-dealkylation sites (tertiary alicyclic amines) is 1. The maximum Gasteiger partial charge on any atom is 0.305 e. The summed E-state index contributed by atoms with van der Waals surface area (Å²) in [5.41, 5.74) is 0.828. The zero-order valence-electron chi connectivity index (χ0n) is 19.4. The highest BCUT2D eigenvalue weighted by Gasteiger charge is 2.39. The molecule has 0 unspecified atom stereocenters. The Morgan fingerprint density at radius 2 is 1.76 bits per heavy atom. The lowest BCUT2D eigenvalue weighted by molar-refractivity contribution is -0.142. The van der Waals surface area contributed by atoms with Crippen LogP contribution in [0.5, 0.6) is 0 Å². The summed E-state index contributed by atoms with van der Waals surface area (Å²) >= 11 is 0. The van der Waals surface area contributed by atoms with E-state index in [1.807, 2.05) is 0 Å². The minimum absolute atomic E-state index is 0.241. The van der Waals surface area contributed by atoms with Crippen LogP contribution in [0.3, 0.4) is 0 Å². The summed E-state index contributed by atoms with van der Waals surface area (Å²) in [5.74, 6) is -3.28. The van der Waals surface area contributed by atoms with Crippen molar-refractivity contribution < 1.29 is 33.9 Å². The molecule has 184 valence electrons. The Balaban J connectivity index is 2.10. The Bertz CT molecular complexity index is 945. The topological polar surface area (TPSA) is 162 Å². The van der Waals surface area contributed by atoms with Crippen molar-refractivity contribution in [3.05, 3.63) is 29.8 Å². The van der Waals surface area contributed by atoms with E-state index in [9.17, 15) is 28.8 Å². The van der Waals surface area contributed by atoms with Crippen LogP contribution >= 0.6 is 0 Å². The van der Waals surface area contributed by atoms with Gasteiger partial charge in [-0.2, -0.15) is 0 Å². The number of carbonyl (C=O) groups excluding carboxylic acids is 5. The first-order chi connectivity index (χ1) is 16.0. The van der Waals surface area contributed by atoms with Crippen molar-refractivity contribution in [1.29, 1.82) is 0 Å². The van der Waals surface area contributed by atoms with E-state index in [4.69, 9.17) is 5.11 Å². The molecule has 0 bridgehead atoms. The van der Waals surface area contributed by atoms with E-state index >= 15 is 0 Å².